The molecular formula is C22H32N4O4S. The Balaban J connectivity index is 1.48. The number of nitrogens with one attached hydrogen (secondary N) is 1. The lowest BCUT2D eigenvalue weighted by atomic mass is 9.67. The molecule has 4 rings (SSSR count). The van der Waals surface area contributed by atoms with Crippen LogP contribution in [0, 0.1) is 5.41 Å². The third kappa shape index (κ3) is 4.10. The zero-order valence-corrected chi connectivity index (χ0v) is 19.2. The Labute approximate surface area is 184 Å². The summed E-state index contributed by atoms with van der Waals surface area (Å²) < 4.78 is 34.3. The van der Waals surface area contributed by atoms with Crippen LogP contribution >= 0.6 is 0 Å². The van der Waals surface area contributed by atoms with Gasteiger partial charge in [-0.15, -0.1) is 0 Å². The van der Waals surface area contributed by atoms with Gasteiger partial charge < -0.3 is 14.6 Å². The Morgan fingerprint density at radius 3 is 2.87 bits per heavy atom. The maximum absolute atomic E-state index is 13.4. The third-order valence-corrected chi connectivity index (χ3v) is 8.85. The van der Waals surface area contributed by atoms with Gasteiger partial charge in [0.25, 0.3) is 0 Å². The van der Waals surface area contributed by atoms with E-state index < -0.39 is 15.4 Å². The monoisotopic (exact) mass is 448 g/mol. The number of ether oxygens (including phenoxy) is 1. The van der Waals surface area contributed by atoms with E-state index in [1.807, 2.05) is 31.3 Å². The van der Waals surface area contributed by atoms with Crippen molar-refractivity contribution in [3.63, 3.8) is 0 Å². The fourth-order valence-electron chi connectivity index (χ4n) is 5.29. The maximum atomic E-state index is 13.4. The predicted molar refractivity (Wildman–Crippen MR) is 119 cm³/mol. The van der Waals surface area contributed by atoms with Crippen molar-refractivity contribution in [2.75, 3.05) is 32.6 Å². The summed E-state index contributed by atoms with van der Waals surface area (Å²) in [5.74, 6) is 0.922. The lowest BCUT2D eigenvalue weighted by molar-refractivity contribution is -0.137. The highest BCUT2D eigenvalue weighted by Crippen LogP contribution is 2.46. The number of hydrogen-bond donors (Lipinski definition) is 1. The van der Waals surface area contributed by atoms with Crippen LogP contribution in [0.1, 0.15) is 37.9 Å². The van der Waals surface area contributed by atoms with E-state index in [1.54, 1.807) is 11.4 Å². The molecular weight excluding hydrogens is 416 g/mol. The number of sulfonamides is 1. The fourth-order valence-corrected chi connectivity index (χ4v) is 7.20. The summed E-state index contributed by atoms with van der Waals surface area (Å²) in [7, 11) is 0.194. The van der Waals surface area contributed by atoms with Crippen LogP contribution in [0.5, 0.6) is 0 Å². The number of hydrogen-bond acceptors (Lipinski definition) is 5. The van der Waals surface area contributed by atoms with E-state index >= 15 is 0 Å². The molecule has 1 aromatic heterocycles. The maximum Gasteiger partial charge on any atom is 0.227 e. The molecule has 1 aromatic carbocycles. The first-order chi connectivity index (χ1) is 14.9. The van der Waals surface area contributed by atoms with E-state index in [2.05, 4.69) is 14.9 Å². The summed E-state index contributed by atoms with van der Waals surface area (Å²) in [5, 5.41) is 3.12. The van der Waals surface area contributed by atoms with E-state index in [-0.39, 0.29) is 17.7 Å². The molecule has 2 fully saturated rings. The van der Waals surface area contributed by atoms with Crippen molar-refractivity contribution in [2.45, 2.75) is 44.6 Å². The van der Waals surface area contributed by atoms with Crippen molar-refractivity contribution in [1.29, 1.82) is 0 Å². The molecule has 1 N–H and O–H groups in total. The Hall–Kier alpha value is -1.97. The van der Waals surface area contributed by atoms with Crippen molar-refractivity contribution in [3.8, 4) is 0 Å². The van der Waals surface area contributed by atoms with Gasteiger partial charge in [-0.1, -0.05) is 25.0 Å². The minimum atomic E-state index is -3.36. The van der Waals surface area contributed by atoms with Gasteiger partial charge in [-0.3, -0.25) is 4.79 Å². The van der Waals surface area contributed by atoms with Crippen LogP contribution in [0.2, 0.25) is 0 Å². The smallest absolute Gasteiger partial charge is 0.227 e. The molecule has 0 bridgehead atoms. The van der Waals surface area contributed by atoms with Crippen LogP contribution in [0.25, 0.3) is 11.0 Å². The average Bonchev–Trinajstić information content (AvgIpc) is 3.08. The van der Waals surface area contributed by atoms with Crippen LogP contribution in [-0.4, -0.2) is 66.8 Å². The fraction of sp³-hybridized carbons (Fsp3) is 0.636. The van der Waals surface area contributed by atoms with Crippen LogP contribution in [0.3, 0.4) is 0 Å². The molecule has 2 aliphatic rings. The molecule has 0 unspecified atom stereocenters. The summed E-state index contributed by atoms with van der Waals surface area (Å²) in [6.07, 6.45) is 4.37. The van der Waals surface area contributed by atoms with Gasteiger partial charge in [0.15, 0.2) is 0 Å². The molecule has 0 spiro atoms. The van der Waals surface area contributed by atoms with Gasteiger partial charge in [0.1, 0.15) is 5.82 Å². The normalized spacial score (nSPS) is 25.9. The lowest BCUT2D eigenvalue weighted by Crippen LogP contribution is -2.63. The summed E-state index contributed by atoms with van der Waals surface area (Å²) in [6, 6.07) is 7.69. The zero-order valence-electron chi connectivity index (χ0n) is 18.3. The Kier molecular flexibility index (Phi) is 6.37. The van der Waals surface area contributed by atoms with Gasteiger partial charge in [-0.25, -0.2) is 13.4 Å². The molecule has 9 heteroatoms. The number of para-hydroxylation sites is 2. The van der Waals surface area contributed by atoms with Crippen molar-refractivity contribution in [2.24, 2.45) is 12.5 Å². The topological polar surface area (TPSA) is 93.5 Å². The summed E-state index contributed by atoms with van der Waals surface area (Å²) in [5.41, 5.74) is 1.37. The molecule has 8 nitrogen and oxygen atoms in total. The highest BCUT2D eigenvalue weighted by Gasteiger charge is 2.55. The zero-order chi connectivity index (χ0) is 22.1. The van der Waals surface area contributed by atoms with Crippen molar-refractivity contribution in [3.05, 3.63) is 30.1 Å². The molecule has 1 aliphatic heterocycles. The van der Waals surface area contributed by atoms with Crippen molar-refractivity contribution in [1.82, 2.24) is 19.2 Å². The molecule has 1 aliphatic carbocycles. The van der Waals surface area contributed by atoms with Gasteiger partial charge in [-0.05, 0) is 31.4 Å². The number of aryl methyl sites for hydroxylation is 1. The second-order valence-corrected chi connectivity index (χ2v) is 10.7. The van der Waals surface area contributed by atoms with E-state index in [9.17, 15) is 13.2 Å². The molecule has 31 heavy (non-hydrogen) atoms. The summed E-state index contributed by atoms with van der Waals surface area (Å²) >= 11 is 0. The number of fused-ring (bicyclic) bond motifs is 2. The van der Waals surface area contributed by atoms with Gasteiger partial charge in [-0.2, -0.15) is 4.31 Å². The highest BCUT2D eigenvalue weighted by atomic mass is 32.2. The SMILES string of the molecule is COCCN1[C@@H]2CCCC[C@@]2(C(=O)NCCc2nc3ccccc3n2C)CCS1(=O)=O. The third-order valence-electron chi connectivity index (χ3n) is 6.98. The number of aromatic nitrogens is 2. The Morgan fingerprint density at radius 2 is 2.10 bits per heavy atom. The van der Waals surface area contributed by atoms with E-state index in [4.69, 9.17) is 4.74 Å². The predicted octanol–water partition coefficient (Wildman–Crippen LogP) is 1.84. The number of benzene rings is 1. The minimum absolute atomic E-state index is 0.0192. The second-order valence-electron chi connectivity index (χ2n) is 8.67. The van der Waals surface area contributed by atoms with Crippen molar-refractivity contribution >= 4 is 27.0 Å². The molecule has 2 aromatic rings. The number of rotatable bonds is 7. The van der Waals surface area contributed by atoms with Gasteiger partial charge in [0.2, 0.25) is 15.9 Å². The van der Waals surface area contributed by atoms with Crippen LogP contribution < -0.4 is 5.32 Å². The van der Waals surface area contributed by atoms with E-state index in [0.717, 1.165) is 42.5 Å². The van der Waals surface area contributed by atoms with Gasteiger partial charge in [0, 0.05) is 39.7 Å². The highest BCUT2D eigenvalue weighted by molar-refractivity contribution is 7.89. The minimum Gasteiger partial charge on any atom is -0.383 e. The molecule has 2 atom stereocenters. The van der Waals surface area contributed by atoms with Crippen LogP contribution in [0.4, 0.5) is 0 Å². The largest absolute Gasteiger partial charge is 0.383 e. The molecule has 1 saturated carbocycles. The summed E-state index contributed by atoms with van der Waals surface area (Å²) in [4.78, 5) is 18.1. The quantitative estimate of drug-likeness (QED) is 0.698. The number of carbonyl (C=O) groups is 1. The Morgan fingerprint density at radius 1 is 1.29 bits per heavy atom. The lowest BCUT2D eigenvalue weighted by Gasteiger charge is -2.50. The van der Waals surface area contributed by atoms with E-state index in [0.29, 0.717) is 32.5 Å². The summed E-state index contributed by atoms with van der Waals surface area (Å²) in [6.45, 7) is 1.12. The standard InChI is InChI=1S/C22H32N4O4S/c1-25-18-8-4-3-7-17(18)24-20(25)10-13-23-21(27)22-11-6-5-9-19(22)26(14-15-30-2)31(28,29)16-12-22/h3-4,7-8,19H,5-6,9-16H2,1-2H3,(H,23,27)/t19-,22-/m1/s1. The second kappa shape index (κ2) is 8.88. The average molecular weight is 449 g/mol. The first-order valence-electron chi connectivity index (χ1n) is 11.1. The number of amides is 1. The number of imidazole rings is 1. The molecule has 170 valence electrons. The van der Waals surface area contributed by atoms with Gasteiger partial charge >= 0.3 is 0 Å². The Bertz CT molecular complexity index is 1050. The first kappa shape index (κ1) is 22.2. The first-order valence-corrected chi connectivity index (χ1v) is 12.7. The number of carbonyl (C=O) groups excluding carboxylic acids is 1. The van der Waals surface area contributed by atoms with E-state index in [1.165, 1.54) is 0 Å². The molecule has 0 radical (unpaired) electrons. The van der Waals surface area contributed by atoms with Gasteiger partial charge in [0.05, 0.1) is 28.8 Å². The number of nitrogens with zero attached hydrogens (tertiary/aromatic N) is 3. The molecule has 1 amide bonds. The van der Waals surface area contributed by atoms with Crippen molar-refractivity contribution < 1.29 is 17.9 Å². The number of methoxy groups -OCH3 is 1. The van der Waals surface area contributed by atoms with Crippen LogP contribution in [-0.2, 0) is 33.0 Å². The molecule has 1 saturated heterocycles. The molecule has 2 heterocycles. The van der Waals surface area contributed by atoms with Crippen LogP contribution in [0.15, 0.2) is 24.3 Å².